The molecule has 114 valence electrons. The zero-order chi connectivity index (χ0) is 15.4. The van der Waals surface area contributed by atoms with Crippen LogP contribution in [0.3, 0.4) is 0 Å². The SMILES string of the molecule is C=C(C)C(=O)OCC(=O)OC1C2OC(=O)C3CC1(C)OC32. The summed E-state index contributed by atoms with van der Waals surface area (Å²) in [7, 11) is 0. The molecule has 0 N–H and O–H groups in total. The lowest BCUT2D eigenvalue weighted by molar-refractivity contribution is -0.171. The van der Waals surface area contributed by atoms with Crippen molar-refractivity contribution in [2.45, 2.75) is 44.2 Å². The topological polar surface area (TPSA) is 88.1 Å². The number of esters is 3. The summed E-state index contributed by atoms with van der Waals surface area (Å²) in [4.78, 5) is 34.6. The van der Waals surface area contributed by atoms with Gasteiger partial charge in [0.2, 0.25) is 0 Å². The Labute approximate surface area is 121 Å². The van der Waals surface area contributed by atoms with Gasteiger partial charge in [-0.1, -0.05) is 6.58 Å². The minimum absolute atomic E-state index is 0.200. The lowest BCUT2D eigenvalue weighted by Gasteiger charge is -2.29. The van der Waals surface area contributed by atoms with Crippen molar-refractivity contribution in [1.82, 2.24) is 0 Å². The molecule has 21 heavy (non-hydrogen) atoms. The summed E-state index contributed by atoms with van der Waals surface area (Å²) in [6, 6.07) is 0. The molecule has 0 radical (unpaired) electrons. The molecule has 3 heterocycles. The van der Waals surface area contributed by atoms with Gasteiger partial charge in [-0.15, -0.1) is 0 Å². The first-order valence-electron chi connectivity index (χ1n) is 6.72. The van der Waals surface area contributed by atoms with Crippen molar-refractivity contribution in [3.63, 3.8) is 0 Å². The molecule has 0 amide bonds. The summed E-state index contributed by atoms with van der Waals surface area (Å²) >= 11 is 0. The first-order valence-corrected chi connectivity index (χ1v) is 6.72. The first-order chi connectivity index (χ1) is 9.82. The first kappa shape index (κ1) is 14.1. The maximum absolute atomic E-state index is 11.8. The van der Waals surface area contributed by atoms with Gasteiger partial charge < -0.3 is 18.9 Å². The Morgan fingerprint density at radius 3 is 2.81 bits per heavy atom. The van der Waals surface area contributed by atoms with E-state index >= 15 is 0 Å². The summed E-state index contributed by atoms with van der Waals surface area (Å²) < 4.78 is 21.0. The Hall–Kier alpha value is -1.89. The molecule has 3 aliphatic rings. The van der Waals surface area contributed by atoms with Gasteiger partial charge >= 0.3 is 17.9 Å². The van der Waals surface area contributed by atoms with Crippen molar-refractivity contribution in [2.75, 3.05) is 6.61 Å². The van der Waals surface area contributed by atoms with E-state index in [1.807, 2.05) is 0 Å². The average molecular weight is 296 g/mol. The standard InChI is InChI=1S/C14H16O7/c1-6(2)12(16)18-5-8(15)19-11-10-9-7(13(17)20-10)4-14(11,3)21-9/h7,9-11H,1,4-5H2,2-3H3. The smallest absolute Gasteiger partial charge is 0.344 e. The Bertz CT molecular complexity index is 539. The Morgan fingerprint density at radius 2 is 2.14 bits per heavy atom. The Morgan fingerprint density at radius 1 is 1.43 bits per heavy atom. The van der Waals surface area contributed by atoms with Gasteiger partial charge in [0, 0.05) is 5.57 Å². The molecule has 0 aliphatic carbocycles. The van der Waals surface area contributed by atoms with Crippen molar-refractivity contribution >= 4 is 17.9 Å². The molecular weight excluding hydrogens is 280 g/mol. The summed E-state index contributed by atoms with van der Waals surface area (Å²) in [6.07, 6.45) is -1.11. The third-order valence-corrected chi connectivity index (χ3v) is 4.13. The predicted octanol–water partition coefficient (Wildman–Crippen LogP) is 0.120. The average Bonchev–Trinajstić information content (AvgIpc) is 2.95. The molecule has 3 rings (SSSR count). The molecule has 3 aliphatic heterocycles. The molecule has 7 nitrogen and oxygen atoms in total. The van der Waals surface area contributed by atoms with Gasteiger partial charge in [-0.05, 0) is 20.3 Å². The fourth-order valence-electron chi connectivity index (χ4n) is 3.18. The van der Waals surface area contributed by atoms with Crippen LogP contribution >= 0.6 is 0 Å². The number of carbonyl (C=O) groups excluding carboxylic acids is 3. The molecule has 0 saturated carbocycles. The van der Waals surface area contributed by atoms with Gasteiger partial charge in [-0.3, -0.25) is 4.79 Å². The van der Waals surface area contributed by atoms with E-state index in [-0.39, 0.29) is 23.6 Å². The molecule has 0 aromatic heterocycles. The quantitative estimate of drug-likeness (QED) is 0.413. The van der Waals surface area contributed by atoms with Crippen LogP contribution in [0.1, 0.15) is 20.3 Å². The van der Waals surface area contributed by atoms with Crippen LogP contribution in [-0.4, -0.2) is 48.4 Å². The summed E-state index contributed by atoms with van der Waals surface area (Å²) in [5.41, 5.74) is -0.522. The normalized spacial score (nSPS) is 39.0. The van der Waals surface area contributed by atoms with E-state index in [1.54, 1.807) is 6.92 Å². The minimum atomic E-state index is -0.722. The number of hydrogen-bond acceptors (Lipinski definition) is 7. The molecule has 5 atom stereocenters. The lowest BCUT2D eigenvalue weighted by atomic mass is 9.80. The van der Waals surface area contributed by atoms with E-state index in [4.69, 9.17) is 18.9 Å². The van der Waals surface area contributed by atoms with Crippen molar-refractivity contribution in [3.05, 3.63) is 12.2 Å². The van der Waals surface area contributed by atoms with Crippen LogP contribution in [0.4, 0.5) is 0 Å². The third-order valence-electron chi connectivity index (χ3n) is 4.13. The zero-order valence-corrected chi connectivity index (χ0v) is 11.8. The predicted molar refractivity (Wildman–Crippen MR) is 66.9 cm³/mol. The van der Waals surface area contributed by atoms with Crippen molar-refractivity contribution in [1.29, 1.82) is 0 Å². The summed E-state index contributed by atoms with van der Waals surface area (Å²) in [6.45, 7) is 6.18. The highest BCUT2D eigenvalue weighted by Gasteiger charge is 2.70. The molecule has 2 bridgehead atoms. The molecule has 7 heteroatoms. The number of fused-ring (bicyclic) bond motifs is 1. The fraction of sp³-hybridized carbons (Fsp3) is 0.643. The van der Waals surface area contributed by atoms with E-state index in [0.29, 0.717) is 6.42 Å². The minimum Gasteiger partial charge on any atom is -0.455 e. The lowest BCUT2D eigenvalue weighted by Crippen LogP contribution is -2.46. The monoisotopic (exact) mass is 296 g/mol. The second kappa shape index (κ2) is 4.56. The van der Waals surface area contributed by atoms with Gasteiger partial charge in [0.15, 0.2) is 18.8 Å². The maximum Gasteiger partial charge on any atom is 0.344 e. The van der Waals surface area contributed by atoms with Crippen LogP contribution < -0.4 is 0 Å². The third kappa shape index (κ3) is 2.12. The number of rotatable bonds is 4. The van der Waals surface area contributed by atoms with Gasteiger partial charge in [-0.2, -0.15) is 0 Å². The zero-order valence-electron chi connectivity index (χ0n) is 11.8. The van der Waals surface area contributed by atoms with Crippen LogP contribution in [-0.2, 0) is 33.3 Å². The van der Waals surface area contributed by atoms with Gasteiger partial charge in [-0.25, -0.2) is 9.59 Å². The van der Waals surface area contributed by atoms with Crippen LogP contribution in [0.25, 0.3) is 0 Å². The molecule has 0 aromatic carbocycles. The highest BCUT2D eigenvalue weighted by molar-refractivity contribution is 5.88. The van der Waals surface area contributed by atoms with Crippen LogP contribution in [0.2, 0.25) is 0 Å². The highest BCUT2D eigenvalue weighted by atomic mass is 16.7. The van der Waals surface area contributed by atoms with Crippen molar-refractivity contribution in [2.24, 2.45) is 5.92 Å². The van der Waals surface area contributed by atoms with Crippen LogP contribution in [0, 0.1) is 5.92 Å². The molecule has 3 fully saturated rings. The fourth-order valence-corrected chi connectivity index (χ4v) is 3.18. The van der Waals surface area contributed by atoms with Crippen LogP contribution in [0.5, 0.6) is 0 Å². The highest BCUT2D eigenvalue weighted by Crippen LogP contribution is 2.53. The molecule has 0 aromatic rings. The van der Waals surface area contributed by atoms with E-state index in [9.17, 15) is 14.4 Å². The molecular formula is C14H16O7. The second-order valence-electron chi connectivity index (χ2n) is 5.87. The largest absolute Gasteiger partial charge is 0.455 e. The molecule has 0 spiro atoms. The van der Waals surface area contributed by atoms with Crippen LogP contribution in [0.15, 0.2) is 12.2 Å². The van der Waals surface area contributed by atoms with Gasteiger partial charge in [0.1, 0.15) is 11.7 Å². The Balaban J connectivity index is 1.61. The molecule has 3 saturated heterocycles. The summed E-state index contributed by atoms with van der Waals surface area (Å²) in [5.74, 6) is -1.93. The van der Waals surface area contributed by atoms with E-state index in [2.05, 4.69) is 6.58 Å². The maximum atomic E-state index is 11.8. The van der Waals surface area contributed by atoms with Gasteiger partial charge in [0.05, 0.1) is 5.92 Å². The van der Waals surface area contributed by atoms with E-state index in [1.165, 1.54) is 6.92 Å². The second-order valence-corrected chi connectivity index (χ2v) is 5.87. The molecule has 5 unspecified atom stereocenters. The van der Waals surface area contributed by atoms with E-state index < -0.39 is 36.4 Å². The number of ether oxygens (including phenoxy) is 4. The number of carbonyl (C=O) groups is 3. The number of hydrogen-bond donors (Lipinski definition) is 0. The Kier molecular flexibility index (Phi) is 3.05. The van der Waals surface area contributed by atoms with Gasteiger partial charge in [0.25, 0.3) is 0 Å². The van der Waals surface area contributed by atoms with Crippen molar-refractivity contribution in [3.8, 4) is 0 Å². The van der Waals surface area contributed by atoms with E-state index in [0.717, 1.165) is 0 Å². The van der Waals surface area contributed by atoms with Crippen molar-refractivity contribution < 1.29 is 33.3 Å². The summed E-state index contributed by atoms with van der Waals surface area (Å²) in [5, 5.41) is 0.